The number of alkyl halides is 3. The van der Waals surface area contributed by atoms with Crippen LogP contribution >= 0.6 is 13.5 Å². The number of amides is 2. The lowest BCUT2D eigenvalue weighted by Crippen LogP contribution is -2.43. The van der Waals surface area contributed by atoms with Gasteiger partial charge in [-0.2, -0.15) is 31.8 Å². The minimum Gasteiger partial charge on any atom is -0.497 e. The summed E-state index contributed by atoms with van der Waals surface area (Å²) in [7, 11) is 1.46. The topological polar surface area (TPSA) is 89.3 Å². The maximum atomic E-state index is 13.2. The molecule has 8 nitrogen and oxygen atoms in total. The lowest BCUT2D eigenvalue weighted by molar-refractivity contribution is -0.137. The van der Waals surface area contributed by atoms with Crippen molar-refractivity contribution in [3.05, 3.63) is 65.7 Å². The van der Waals surface area contributed by atoms with Crippen molar-refractivity contribution in [2.75, 3.05) is 23.9 Å². The number of carbonyl (C=O) groups excluding carboxylic acids is 2. The number of rotatable bonds is 4. The summed E-state index contributed by atoms with van der Waals surface area (Å²) in [5, 5.41) is 6.84. The number of carbonyl (C=O) groups is 2. The number of nitrogens with zero attached hydrogens (tertiary/aromatic N) is 4. The number of hydrogen-bond donors (Lipinski definition) is 1. The van der Waals surface area contributed by atoms with Crippen LogP contribution in [0.15, 0.2) is 48.8 Å². The Morgan fingerprint density at radius 3 is 2.55 bits per heavy atom. The number of pyridine rings is 1. The van der Waals surface area contributed by atoms with Crippen LogP contribution in [-0.4, -0.2) is 40.2 Å². The van der Waals surface area contributed by atoms with Crippen LogP contribution in [0.25, 0.3) is 0 Å². The van der Waals surface area contributed by atoms with E-state index in [2.05, 4.69) is 15.4 Å². The molecule has 1 aliphatic heterocycles. The second-order valence-corrected chi connectivity index (χ2v) is 7.20. The Morgan fingerprint density at radius 1 is 1.21 bits per heavy atom. The fourth-order valence-electron chi connectivity index (χ4n) is 3.46. The lowest BCUT2D eigenvalue weighted by Gasteiger charge is -2.32. The average molecular weight is 479 g/mol. The maximum Gasteiger partial charge on any atom is 0.416 e. The lowest BCUT2D eigenvalue weighted by atomic mass is 10.1. The molecule has 0 spiro atoms. The molecule has 0 saturated carbocycles. The second kappa shape index (κ2) is 9.14. The van der Waals surface area contributed by atoms with Crippen molar-refractivity contribution in [3.8, 4) is 5.75 Å². The Kier molecular flexibility index (Phi) is 6.68. The van der Waals surface area contributed by atoms with Crippen LogP contribution in [-0.2, 0) is 6.18 Å². The fourth-order valence-corrected chi connectivity index (χ4v) is 3.46. The van der Waals surface area contributed by atoms with E-state index in [0.717, 1.165) is 12.1 Å². The number of methoxy groups -OCH3 is 1. The van der Waals surface area contributed by atoms with Gasteiger partial charge in [0.05, 0.1) is 30.6 Å². The van der Waals surface area contributed by atoms with Crippen LogP contribution in [0.3, 0.4) is 0 Å². The second-order valence-electron chi connectivity index (χ2n) is 7.20. The molecule has 33 heavy (non-hydrogen) atoms. The molecule has 0 unspecified atom stereocenters. The standard InChI is InChI=1S/C21H18F3N5O3.H2S/c1-12-11-28(14-5-3-13(4-6-14)21(22,23)24)20(31)18-17(10-26-29(12)18)27-19(30)16-9-15(32-2)7-8-25-16;/h3-10,12H,11H2,1-2H3,(H,27,30);1H2/t12-;/m0./s1. The first-order valence-electron chi connectivity index (χ1n) is 9.57. The number of aromatic nitrogens is 3. The predicted octanol–water partition coefficient (Wildman–Crippen LogP) is 3.89. The highest BCUT2D eigenvalue weighted by atomic mass is 32.1. The third-order valence-corrected chi connectivity index (χ3v) is 5.06. The van der Waals surface area contributed by atoms with E-state index < -0.39 is 23.6 Å². The van der Waals surface area contributed by atoms with E-state index in [1.165, 1.54) is 47.3 Å². The van der Waals surface area contributed by atoms with Crippen molar-refractivity contribution < 1.29 is 27.5 Å². The molecule has 2 aromatic heterocycles. The molecule has 3 heterocycles. The summed E-state index contributed by atoms with van der Waals surface area (Å²) in [4.78, 5) is 31.2. The van der Waals surface area contributed by atoms with Crippen LogP contribution in [0, 0.1) is 0 Å². The van der Waals surface area contributed by atoms with Crippen molar-refractivity contribution >= 4 is 36.7 Å². The molecule has 0 saturated heterocycles. The van der Waals surface area contributed by atoms with Gasteiger partial charge in [-0.15, -0.1) is 0 Å². The van der Waals surface area contributed by atoms with Gasteiger partial charge in [0.15, 0.2) is 5.69 Å². The summed E-state index contributed by atoms with van der Waals surface area (Å²) in [5.74, 6) is -0.610. The summed E-state index contributed by atoms with van der Waals surface area (Å²) < 4.78 is 45.2. The van der Waals surface area contributed by atoms with Crippen LogP contribution in [0.4, 0.5) is 24.5 Å². The van der Waals surface area contributed by atoms with Crippen LogP contribution in [0.5, 0.6) is 5.75 Å². The Hall–Kier alpha value is -3.54. The molecule has 1 aromatic carbocycles. The van der Waals surface area contributed by atoms with Crippen molar-refractivity contribution in [3.63, 3.8) is 0 Å². The molecule has 1 aliphatic rings. The van der Waals surface area contributed by atoms with Crippen LogP contribution in [0.2, 0.25) is 0 Å². The monoisotopic (exact) mass is 479 g/mol. The number of nitrogens with one attached hydrogen (secondary N) is 1. The highest BCUT2D eigenvalue weighted by Gasteiger charge is 2.35. The van der Waals surface area contributed by atoms with Gasteiger partial charge >= 0.3 is 6.18 Å². The van der Waals surface area contributed by atoms with Gasteiger partial charge in [-0.05, 0) is 37.3 Å². The Bertz CT molecular complexity index is 1180. The zero-order chi connectivity index (χ0) is 23.0. The molecule has 1 atom stereocenters. The molecule has 0 aliphatic carbocycles. The van der Waals surface area contributed by atoms with Crippen molar-refractivity contribution in [2.45, 2.75) is 19.1 Å². The quantitative estimate of drug-likeness (QED) is 0.613. The summed E-state index contributed by atoms with van der Waals surface area (Å²) in [5.41, 5.74) is -0.107. The first-order valence-corrected chi connectivity index (χ1v) is 9.57. The largest absolute Gasteiger partial charge is 0.497 e. The molecule has 0 bridgehead atoms. The number of hydrogen-bond acceptors (Lipinski definition) is 5. The zero-order valence-electron chi connectivity index (χ0n) is 17.6. The minimum absolute atomic E-state index is 0. The molecule has 4 rings (SSSR count). The van der Waals surface area contributed by atoms with E-state index in [-0.39, 0.29) is 43.2 Å². The van der Waals surface area contributed by atoms with E-state index in [1.807, 2.05) is 6.92 Å². The minimum atomic E-state index is -4.47. The summed E-state index contributed by atoms with van der Waals surface area (Å²) in [6.07, 6.45) is -1.69. The zero-order valence-corrected chi connectivity index (χ0v) is 18.6. The van der Waals surface area contributed by atoms with Gasteiger partial charge in [-0.3, -0.25) is 19.3 Å². The highest BCUT2D eigenvalue weighted by Crippen LogP contribution is 2.33. The number of anilines is 2. The summed E-state index contributed by atoms with van der Waals surface area (Å²) in [6.45, 7) is 2.03. The number of fused-ring (bicyclic) bond motifs is 1. The van der Waals surface area contributed by atoms with E-state index >= 15 is 0 Å². The van der Waals surface area contributed by atoms with E-state index in [1.54, 1.807) is 6.07 Å². The number of halogens is 3. The third kappa shape index (κ3) is 4.65. The third-order valence-electron chi connectivity index (χ3n) is 5.06. The van der Waals surface area contributed by atoms with Gasteiger partial charge in [0.1, 0.15) is 11.4 Å². The molecule has 3 aromatic rings. The van der Waals surface area contributed by atoms with Crippen LogP contribution in [0.1, 0.15) is 39.5 Å². The van der Waals surface area contributed by atoms with E-state index in [0.29, 0.717) is 11.4 Å². The molecular formula is C21H20F3N5O3S. The summed E-state index contributed by atoms with van der Waals surface area (Å²) in [6, 6.07) is 7.11. The van der Waals surface area contributed by atoms with Crippen LogP contribution < -0.4 is 15.0 Å². The first kappa shape index (κ1) is 24.1. The Labute approximate surface area is 193 Å². The molecule has 12 heteroatoms. The molecule has 0 fully saturated rings. The SMILES string of the molecule is COc1ccnc(C(=O)Nc2cnn3c2C(=O)N(c2ccc(C(F)(F)F)cc2)C[C@@H]3C)c1.S. The molecule has 2 amide bonds. The number of ether oxygens (including phenoxy) is 1. The van der Waals surface area contributed by atoms with E-state index in [9.17, 15) is 22.8 Å². The average Bonchev–Trinajstić information content (AvgIpc) is 3.20. The smallest absolute Gasteiger partial charge is 0.416 e. The Morgan fingerprint density at radius 2 is 1.91 bits per heavy atom. The van der Waals surface area contributed by atoms with Crippen molar-refractivity contribution in [2.24, 2.45) is 0 Å². The molecule has 174 valence electrons. The van der Waals surface area contributed by atoms with Crippen molar-refractivity contribution in [1.82, 2.24) is 14.8 Å². The van der Waals surface area contributed by atoms with Gasteiger partial charge in [-0.25, -0.2) is 0 Å². The Balaban J connectivity index is 0.00000306. The van der Waals surface area contributed by atoms with Gasteiger partial charge in [0.25, 0.3) is 11.8 Å². The molecule has 1 N–H and O–H groups in total. The fraction of sp³-hybridized carbons (Fsp3) is 0.238. The van der Waals surface area contributed by atoms with Gasteiger partial charge < -0.3 is 15.0 Å². The van der Waals surface area contributed by atoms with E-state index in [4.69, 9.17) is 4.74 Å². The first-order chi connectivity index (χ1) is 15.2. The van der Waals surface area contributed by atoms with Gasteiger partial charge in [0, 0.05) is 24.5 Å². The van der Waals surface area contributed by atoms with Crippen molar-refractivity contribution in [1.29, 1.82) is 0 Å². The molecule has 0 radical (unpaired) electrons. The predicted molar refractivity (Wildman–Crippen MR) is 119 cm³/mol. The van der Waals surface area contributed by atoms with Gasteiger partial charge in [0.2, 0.25) is 0 Å². The molecular weight excluding hydrogens is 459 g/mol. The summed E-state index contributed by atoms with van der Waals surface area (Å²) >= 11 is 0. The highest BCUT2D eigenvalue weighted by molar-refractivity contribution is 7.59. The normalized spacial score (nSPS) is 15.5. The number of benzene rings is 1. The maximum absolute atomic E-state index is 13.2. The van der Waals surface area contributed by atoms with Gasteiger partial charge in [-0.1, -0.05) is 0 Å².